The normalized spacial score (nSPS) is 16.4. The molecule has 2 N–H and O–H groups in total. The fraction of sp³-hybridized carbons (Fsp3) is 0.400. The maximum Gasteiger partial charge on any atom is 0.336 e. The van der Waals surface area contributed by atoms with Gasteiger partial charge in [0.05, 0.1) is 18.8 Å². The van der Waals surface area contributed by atoms with Crippen LogP contribution in [-0.2, 0) is 11.3 Å². The quantitative estimate of drug-likeness (QED) is 0.642. The van der Waals surface area contributed by atoms with Crippen LogP contribution in [0.5, 0.6) is 11.5 Å². The molecular weight excluding hydrogens is 274 g/mol. The van der Waals surface area contributed by atoms with Gasteiger partial charge in [0.25, 0.3) is 0 Å². The van der Waals surface area contributed by atoms with E-state index in [1.54, 1.807) is 6.92 Å². The van der Waals surface area contributed by atoms with Crippen molar-refractivity contribution in [2.75, 3.05) is 26.3 Å². The van der Waals surface area contributed by atoms with E-state index in [2.05, 4.69) is 4.90 Å². The second-order valence-electron chi connectivity index (χ2n) is 5.24. The van der Waals surface area contributed by atoms with E-state index in [9.17, 15) is 15.0 Å². The summed E-state index contributed by atoms with van der Waals surface area (Å²) in [5.41, 5.74) is 1.02. The zero-order chi connectivity index (χ0) is 15.0. The number of aromatic hydroxyl groups is 2. The first-order chi connectivity index (χ1) is 10.1. The average Bonchev–Trinajstić information content (AvgIpc) is 2.46. The van der Waals surface area contributed by atoms with Crippen molar-refractivity contribution < 1.29 is 19.4 Å². The molecule has 0 aliphatic carbocycles. The molecule has 0 radical (unpaired) electrons. The Morgan fingerprint density at radius 1 is 1.24 bits per heavy atom. The maximum absolute atomic E-state index is 11.6. The highest BCUT2D eigenvalue weighted by Crippen LogP contribution is 2.37. The van der Waals surface area contributed by atoms with Crippen LogP contribution in [0.15, 0.2) is 21.3 Å². The Balaban J connectivity index is 2.14. The van der Waals surface area contributed by atoms with E-state index < -0.39 is 5.63 Å². The summed E-state index contributed by atoms with van der Waals surface area (Å²) < 4.78 is 10.6. The van der Waals surface area contributed by atoms with Crippen LogP contribution in [0.4, 0.5) is 0 Å². The van der Waals surface area contributed by atoms with Gasteiger partial charge in [0, 0.05) is 31.1 Å². The van der Waals surface area contributed by atoms with Gasteiger partial charge in [0.1, 0.15) is 5.58 Å². The van der Waals surface area contributed by atoms with E-state index in [0.29, 0.717) is 41.9 Å². The fourth-order valence-electron chi connectivity index (χ4n) is 2.62. The molecular formula is C15H17NO5. The van der Waals surface area contributed by atoms with Gasteiger partial charge in [-0.1, -0.05) is 0 Å². The van der Waals surface area contributed by atoms with Gasteiger partial charge in [-0.2, -0.15) is 0 Å². The van der Waals surface area contributed by atoms with Gasteiger partial charge < -0.3 is 19.4 Å². The monoisotopic (exact) mass is 291 g/mol. The third-order valence-corrected chi connectivity index (χ3v) is 3.78. The molecule has 3 rings (SSSR count). The molecule has 0 bridgehead atoms. The average molecular weight is 291 g/mol. The molecule has 1 aromatic heterocycles. The van der Waals surface area contributed by atoms with Crippen molar-refractivity contribution in [1.82, 2.24) is 4.90 Å². The maximum atomic E-state index is 11.6. The van der Waals surface area contributed by atoms with Crippen molar-refractivity contribution in [2.45, 2.75) is 13.5 Å². The summed E-state index contributed by atoms with van der Waals surface area (Å²) in [5.74, 6) is -0.439. The van der Waals surface area contributed by atoms with E-state index in [1.807, 2.05) is 0 Å². The van der Waals surface area contributed by atoms with Gasteiger partial charge in [0.2, 0.25) is 0 Å². The summed E-state index contributed by atoms with van der Waals surface area (Å²) in [5, 5.41) is 20.7. The van der Waals surface area contributed by atoms with E-state index in [1.165, 1.54) is 12.1 Å². The van der Waals surface area contributed by atoms with Crippen LogP contribution < -0.4 is 5.63 Å². The summed E-state index contributed by atoms with van der Waals surface area (Å²) in [6, 6.07) is 2.79. The lowest BCUT2D eigenvalue weighted by Crippen LogP contribution is -2.35. The number of aryl methyl sites for hydroxylation is 1. The second-order valence-corrected chi connectivity index (χ2v) is 5.24. The number of nitrogens with zero attached hydrogens (tertiary/aromatic N) is 1. The van der Waals surface area contributed by atoms with Crippen LogP contribution in [0.1, 0.15) is 11.1 Å². The Bertz CT molecular complexity index is 731. The smallest absolute Gasteiger partial charge is 0.336 e. The Kier molecular flexibility index (Phi) is 3.57. The Labute approximate surface area is 121 Å². The molecule has 1 aliphatic rings. The molecule has 6 nitrogen and oxygen atoms in total. The summed E-state index contributed by atoms with van der Waals surface area (Å²) in [7, 11) is 0. The molecule has 112 valence electrons. The minimum atomic E-state index is -0.465. The standard InChI is InChI=1S/C15H17NO5/c1-9-6-13(18)21-15-10(9)7-12(17)14(19)11(15)8-16-2-4-20-5-3-16/h6-7,17,19H,2-5,8H2,1H3. The SMILES string of the molecule is Cc1cc(=O)oc2c(CN3CCOCC3)c(O)c(O)cc12. The lowest BCUT2D eigenvalue weighted by Gasteiger charge is -2.27. The molecule has 1 fully saturated rings. The van der Waals surface area contributed by atoms with E-state index in [-0.39, 0.29) is 11.5 Å². The highest BCUT2D eigenvalue weighted by Gasteiger charge is 2.20. The zero-order valence-corrected chi connectivity index (χ0v) is 11.8. The summed E-state index contributed by atoms with van der Waals surface area (Å²) in [6.45, 7) is 4.88. The van der Waals surface area contributed by atoms with Gasteiger partial charge in [-0.05, 0) is 18.6 Å². The molecule has 21 heavy (non-hydrogen) atoms. The molecule has 1 aromatic carbocycles. The summed E-state index contributed by atoms with van der Waals surface area (Å²) in [6.07, 6.45) is 0. The van der Waals surface area contributed by atoms with Crippen molar-refractivity contribution in [2.24, 2.45) is 0 Å². The fourth-order valence-corrected chi connectivity index (χ4v) is 2.62. The van der Waals surface area contributed by atoms with Gasteiger partial charge in [-0.15, -0.1) is 0 Å². The molecule has 1 saturated heterocycles. The van der Waals surface area contributed by atoms with Crippen LogP contribution in [0, 0.1) is 6.92 Å². The van der Waals surface area contributed by atoms with Crippen LogP contribution in [0.2, 0.25) is 0 Å². The van der Waals surface area contributed by atoms with Crippen LogP contribution in [-0.4, -0.2) is 41.4 Å². The molecule has 0 atom stereocenters. The largest absolute Gasteiger partial charge is 0.504 e. The number of fused-ring (bicyclic) bond motifs is 1. The van der Waals surface area contributed by atoms with Crippen LogP contribution >= 0.6 is 0 Å². The first-order valence-electron chi connectivity index (χ1n) is 6.84. The Morgan fingerprint density at radius 3 is 2.67 bits per heavy atom. The van der Waals surface area contributed by atoms with Crippen molar-refractivity contribution in [1.29, 1.82) is 0 Å². The predicted molar refractivity (Wildman–Crippen MR) is 76.6 cm³/mol. The van der Waals surface area contributed by atoms with Gasteiger partial charge >= 0.3 is 5.63 Å². The topological polar surface area (TPSA) is 83.1 Å². The minimum absolute atomic E-state index is 0.206. The number of benzene rings is 1. The van der Waals surface area contributed by atoms with Crippen molar-refractivity contribution in [3.63, 3.8) is 0 Å². The minimum Gasteiger partial charge on any atom is -0.504 e. The Hall–Kier alpha value is -2.05. The highest BCUT2D eigenvalue weighted by atomic mass is 16.5. The second kappa shape index (κ2) is 5.38. The number of morpholine rings is 1. The number of hydrogen-bond donors (Lipinski definition) is 2. The molecule has 2 aromatic rings. The van der Waals surface area contributed by atoms with Crippen molar-refractivity contribution >= 4 is 11.0 Å². The molecule has 0 spiro atoms. The van der Waals surface area contributed by atoms with Crippen LogP contribution in [0.3, 0.4) is 0 Å². The number of rotatable bonds is 2. The molecule has 2 heterocycles. The number of ether oxygens (including phenoxy) is 1. The van der Waals surface area contributed by atoms with Crippen molar-refractivity contribution in [3.8, 4) is 11.5 Å². The zero-order valence-electron chi connectivity index (χ0n) is 11.8. The molecule has 6 heteroatoms. The van der Waals surface area contributed by atoms with E-state index in [4.69, 9.17) is 9.15 Å². The third kappa shape index (κ3) is 2.59. The lowest BCUT2D eigenvalue weighted by atomic mass is 10.0. The number of hydrogen-bond acceptors (Lipinski definition) is 6. The molecule has 0 unspecified atom stereocenters. The summed E-state index contributed by atoms with van der Waals surface area (Å²) in [4.78, 5) is 13.7. The van der Waals surface area contributed by atoms with E-state index in [0.717, 1.165) is 13.1 Å². The van der Waals surface area contributed by atoms with Gasteiger partial charge in [-0.25, -0.2) is 4.79 Å². The molecule has 1 aliphatic heterocycles. The van der Waals surface area contributed by atoms with E-state index >= 15 is 0 Å². The lowest BCUT2D eigenvalue weighted by molar-refractivity contribution is 0.0339. The molecule has 0 amide bonds. The third-order valence-electron chi connectivity index (χ3n) is 3.78. The van der Waals surface area contributed by atoms with Gasteiger partial charge in [-0.3, -0.25) is 4.90 Å². The summed E-state index contributed by atoms with van der Waals surface area (Å²) >= 11 is 0. The molecule has 0 saturated carbocycles. The first kappa shape index (κ1) is 13.9. The first-order valence-corrected chi connectivity index (χ1v) is 6.84. The highest BCUT2D eigenvalue weighted by molar-refractivity contribution is 5.87. The number of phenolic OH excluding ortho intramolecular Hbond substituents is 2. The predicted octanol–water partition coefficient (Wildman–Crippen LogP) is 1.34. The number of phenols is 2. The van der Waals surface area contributed by atoms with Gasteiger partial charge in [0.15, 0.2) is 11.5 Å². The van der Waals surface area contributed by atoms with Crippen molar-refractivity contribution in [3.05, 3.63) is 33.7 Å². The van der Waals surface area contributed by atoms with Crippen LogP contribution in [0.25, 0.3) is 11.0 Å². The Morgan fingerprint density at radius 2 is 1.95 bits per heavy atom.